The molecule has 5 heteroatoms. The van der Waals surface area contributed by atoms with Crippen LogP contribution in [0, 0.1) is 11.7 Å². The lowest BCUT2D eigenvalue weighted by Crippen LogP contribution is -2.88. The molecule has 0 bridgehead atoms. The lowest BCUT2D eigenvalue weighted by atomic mass is 9.96. The van der Waals surface area contributed by atoms with Gasteiger partial charge in [0.25, 0.3) is 5.91 Å². The number of nitrogens with two attached hydrogens (primary N) is 1. The van der Waals surface area contributed by atoms with Gasteiger partial charge in [-0.05, 0) is 24.3 Å². The zero-order valence-electron chi connectivity index (χ0n) is 14.3. The molecule has 1 amide bonds. The van der Waals surface area contributed by atoms with Crippen molar-refractivity contribution in [2.45, 2.75) is 19.9 Å². The van der Waals surface area contributed by atoms with Gasteiger partial charge in [0.2, 0.25) is 0 Å². The van der Waals surface area contributed by atoms with Gasteiger partial charge in [-0.1, -0.05) is 38.1 Å². The van der Waals surface area contributed by atoms with Crippen LogP contribution in [0.25, 0.3) is 0 Å². The molecular formula is C19H24FN2O2+. The molecule has 0 spiro atoms. The van der Waals surface area contributed by atoms with Crippen molar-refractivity contribution in [3.63, 3.8) is 0 Å². The second-order valence-electron chi connectivity index (χ2n) is 6.01. The zero-order valence-corrected chi connectivity index (χ0v) is 14.3. The van der Waals surface area contributed by atoms with E-state index in [9.17, 15) is 9.18 Å². The SMILES string of the molecule is COc1ccccc1NC(=O)C[NH2+][C@@H](c1ccc(F)cc1)C(C)C. The van der Waals surface area contributed by atoms with Gasteiger partial charge in [-0.25, -0.2) is 4.39 Å². The Hall–Kier alpha value is -2.40. The second kappa shape index (κ2) is 8.45. The number of anilines is 1. The summed E-state index contributed by atoms with van der Waals surface area (Å²) in [5, 5.41) is 4.84. The molecule has 24 heavy (non-hydrogen) atoms. The van der Waals surface area contributed by atoms with Crippen LogP contribution in [0.2, 0.25) is 0 Å². The highest BCUT2D eigenvalue weighted by Crippen LogP contribution is 2.22. The van der Waals surface area contributed by atoms with E-state index in [0.717, 1.165) is 5.56 Å². The molecule has 0 fully saturated rings. The van der Waals surface area contributed by atoms with Gasteiger partial charge in [0.15, 0.2) is 6.54 Å². The molecule has 2 rings (SSSR count). The minimum atomic E-state index is -0.254. The van der Waals surface area contributed by atoms with E-state index in [4.69, 9.17) is 4.74 Å². The number of amides is 1. The monoisotopic (exact) mass is 331 g/mol. The Bertz CT molecular complexity index is 671. The van der Waals surface area contributed by atoms with Gasteiger partial charge in [0, 0.05) is 11.5 Å². The summed E-state index contributed by atoms with van der Waals surface area (Å²) < 4.78 is 18.3. The zero-order chi connectivity index (χ0) is 17.5. The number of rotatable bonds is 7. The quantitative estimate of drug-likeness (QED) is 0.820. The summed E-state index contributed by atoms with van der Waals surface area (Å²) in [5.74, 6) is 0.585. The Morgan fingerprint density at radius 2 is 1.83 bits per heavy atom. The number of hydrogen-bond acceptors (Lipinski definition) is 2. The molecule has 0 aromatic heterocycles. The molecular weight excluding hydrogens is 307 g/mol. The summed E-state index contributed by atoms with van der Waals surface area (Å²) in [6.07, 6.45) is 0. The highest BCUT2D eigenvalue weighted by molar-refractivity contribution is 5.92. The van der Waals surface area contributed by atoms with Crippen molar-refractivity contribution in [1.82, 2.24) is 0 Å². The first kappa shape index (κ1) is 17.9. The maximum absolute atomic E-state index is 13.1. The summed E-state index contributed by atoms with van der Waals surface area (Å²) in [7, 11) is 1.57. The van der Waals surface area contributed by atoms with E-state index >= 15 is 0 Å². The largest absolute Gasteiger partial charge is 0.495 e. The van der Waals surface area contributed by atoms with E-state index in [-0.39, 0.29) is 24.3 Å². The highest BCUT2D eigenvalue weighted by atomic mass is 19.1. The van der Waals surface area contributed by atoms with Crippen molar-refractivity contribution >= 4 is 11.6 Å². The topological polar surface area (TPSA) is 54.9 Å². The normalized spacial score (nSPS) is 12.0. The second-order valence-corrected chi connectivity index (χ2v) is 6.01. The molecule has 2 aromatic carbocycles. The average Bonchev–Trinajstić information content (AvgIpc) is 2.57. The van der Waals surface area contributed by atoms with Crippen LogP contribution in [0.5, 0.6) is 5.75 Å². The third-order valence-electron chi connectivity index (χ3n) is 3.91. The maximum Gasteiger partial charge on any atom is 0.279 e. The number of nitrogens with one attached hydrogen (secondary N) is 1. The number of quaternary nitrogens is 1. The summed E-state index contributed by atoms with van der Waals surface area (Å²) in [6.45, 7) is 4.45. The minimum Gasteiger partial charge on any atom is -0.495 e. The third kappa shape index (κ3) is 4.80. The van der Waals surface area contributed by atoms with Crippen LogP contribution in [0.15, 0.2) is 48.5 Å². The van der Waals surface area contributed by atoms with Crippen molar-refractivity contribution in [3.05, 3.63) is 59.9 Å². The van der Waals surface area contributed by atoms with Crippen molar-refractivity contribution in [1.29, 1.82) is 0 Å². The maximum atomic E-state index is 13.1. The number of halogens is 1. The van der Waals surface area contributed by atoms with E-state index in [1.54, 1.807) is 31.4 Å². The molecule has 0 radical (unpaired) electrons. The lowest BCUT2D eigenvalue weighted by Gasteiger charge is -2.19. The fourth-order valence-electron chi connectivity index (χ4n) is 2.66. The van der Waals surface area contributed by atoms with Crippen molar-refractivity contribution in [3.8, 4) is 5.75 Å². The van der Waals surface area contributed by atoms with E-state index in [1.807, 2.05) is 17.4 Å². The van der Waals surface area contributed by atoms with Crippen LogP contribution >= 0.6 is 0 Å². The van der Waals surface area contributed by atoms with Gasteiger partial charge in [-0.2, -0.15) is 0 Å². The highest BCUT2D eigenvalue weighted by Gasteiger charge is 2.20. The van der Waals surface area contributed by atoms with E-state index in [1.165, 1.54) is 12.1 Å². The van der Waals surface area contributed by atoms with Crippen LogP contribution < -0.4 is 15.4 Å². The number of carbonyl (C=O) groups excluding carboxylic acids is 1. The predicted octanol–water partition coefficient (Wildman–Crippen LogP) is 2.73. The van der Waals surface area contributed by atoms with Crippen molar-refractivity contribution in [2.75, 3.05) is 19.0 Å². The Morgan fingerprint density at radius 3 is 2.46 bits per heavy atom. The van der Waals surface area contributed by atoms with Gasteiger partial charge in [-0.3, -0.25) is 4.79 Å². The summed E-state index contributed by atoms with van der Waals surface area (Å²) in [4.78, 5) is 12.2. The Balaban J connectivity index is 1.99. The summed E-state index contributed by atoms with van der Waals surface area (Å²) >= 11 is 0. The van der Waals surface area contributed by atoms with E-state index in [2.05, 4.69) is 19.2 Å². The van der Waals surface area contributed by atoms with Gasteiger partial charge in [0.05, 0.1) is 12.8 Å². The fourth-order valence-corrected chi connectivity index (χ4v) is 2.66. The first-order chi connectivity index (χ1) is 11.5. The molecule has 3 N–H and O–H groups in total. The predicted molar refractivity (Wildman–Crippen MR) is 92.4 cm³/mol. The van der Waals surface area contributed by atoms with E-state index < -0.39 is 0 Å². The lowest BCUT2D eigenvalue weighted by molar-refractivity contribution is -0.692. The fraction of sp³-hybridized carbons (Fsp3) is 0.316. The number of hydrogen-bond donors (Lipinski definition) is 2. The van der Waals surface area contributed by atoms with Crippen LogP contribution in [-0.4, -0.2) is 19.6 Å². The van der Waals surface area contributed by atoms with E-state index in [0.29, 0.717) is 17.4 Å². The van der Waals surface area contributed by atoms with Gasteiger partial charge in [-0.15, -0.1) is 0 Å². The molecule has 128 valence electrons. The molecule has 0 aliphatic carbocycles. The molecule has 2 aromatic rings. The molecule has 0 heterocycles. The molecule has 0 aliphatic heterocycles. The Labute approximate surface area is 142 Å². The van der Waals surface area contributed by atoms with Gasteiger partial charge >= 0.3 is 0 Å². The average molecular weight is 331 g/mol. The van der Waals surface area contributed by atoms with Gasteiger partial charge in [0.1, 0.15) is 17.6 Å². The standard InChI is InChI=1S/C19H23FN2O2/c1-13(2)19(14-8-10-15(20)11-9-14)21-12-18(23)22-16-6-4-5-7-17(16)24-3/h4-11,13,19,21H,12H2,1-3H3,(H,22,23)/p+1/t19-/m1/s1. The van der Waals surface area contributed by atoms with Crippen molar-refractivity contribution < 1.29 is 19.2 Å². The van der Waals surface area contributed by atoms with Crippen LogP contribution in [0.1, 0.15) is 25.5 Å². The molecule has 0 aliphatic rings. The molecule has 0 unspecified atom stereocenters. The van der Waals surface area contributed by atoms with Crippen LogP contribution in [0.3, 0.4) is 0 Å². The first-order valence-electron chi connectivity index (χ1n) is 8.03. The summed E-state index contributed by atoms with van der Waals surface area (Å²) in [5.41, 5.74) is 1.66. The Morgan fingerprint density at radius 1 is 1.17 bits per heavy atom. The third-order valence-corrected chi connectivity index (χ3v) is 3.91. The number of methoxy groups -OCH3 is 1. The molecule has 1 atom stereocenters. The smallest absolute Gasteiger partial charge is 0.279 e. The summed E-state index contributed by atoms with van der Waals surface area (Å²) in [6, 6.07) is 13.8. The first-order valence-corrected chi connectivity index (χ1v) is 8.03. The van der Waals surface area contributed by atoms with Crippen LogP contribution in [0.4, 0.5) is 10.1 Å². The number of ether oxygens (including phenoxy) is 1. The Kier molecular flexibility index (Phi) is 6.32. The molecule has 0 saturated heterocycles. The minimum absolute atomic E-state index is 0.0917. The van der Waals surface area contributed by atoms with Gasteiger partial charge < -0.3 is 15.4 Å². The number of para-hydroxylation sites is 2. The number of benzene rings is 2. The molecule has 0 saturated carbocycles. The van der Waals surface area contributed by atoms with Crippen molar-refractivity contribution in [2.24, 2.45) is 5.92 Å². The number of carbonyl (C=O) groups is 1. The van der Waals surface area contributed by atoms with Crippen LogP contribution in [-0.2, 0) is 4.79 Å². The molecule has 4 nitrogen and oxygen atoms in total.